The highest BCUT2D eigenvalue weighted by atomic mass is 16.5. The molecule has 0 N–H and O–H groups in total. The zero-order valence-corrected chi connectivity index (χ0v) is 18.9. The predicted octanol–water partition coefficient (Wildman–Crippen LogP) is 5.42. The van der Waals surface area contributed by atoms with Gasteiger partial charge in [-0.3, -0.25) is 9.79 Å². The first kappa shape index (κ1) is 21.4. The van der Waals surface area contributed by atoms with Gasteiger partial charge in [0.25, 0.3) is 0 Å². The fourth-order valence-corrected chi connectivity index (χ4v) is 4.64. The van der Waals surface area contributed by atoms with E-state index in [0.717, 1.165) is 47.6 Å². The molecule has 0 amide bonds. The van der Waals surface area contributed by atoms with Gasteiger partial charge in [0.2, 0.25) is 0 Å². The Bertz CT molecular complexity index is 1000. The number of methoxy groups -OCH3 is 2. The number of ether oxygens (including phenoxy) is 3. The van der Waals surface area contributed by atoms with Gasteiger partial charge in [-0.05, 0) is 75.8 Å². The monoisotopic (exact) mass is 421 g/mol. The number of carbonyl (C=O) groups excluding carboxylic acids is 1. The van der Waals surface area contributed by atoms with E-state index in [1.165, 1.54) is 12.8 Å². The van der Waals surface area contributed by atoms with E-state index in [9.17, 15) is 4.79 Å². The Hall–Kier alpha value is -2.82. The quantitative estimate of drug-likeness (QED) is 0.560. The number of rotatable bonds is 7. The summed E-state index contributed by atoms with van der Waals surface area (Å²) < 4.78 is 17.4. The normalized spacial score (nSPS) is 17.6. The number of benzene rings is 2. The van der Waals surface area contributed by atoms with Crippen LogP contribution in [-0.4, -0.2) is 37.4 Å². The summed E-state index contributed by atoms with van der Waals surface area (Å²) in [5.41, 5.74) is 3.20. The molecule has 31 heavy (non-hydrogen) atoms. The highest BCUT2D eigenvalue weighted by molar-refractivity contribution is 6.17. The van der Waals surface area contributed by atoms with Crippen molar-refractivity contribution in [3.8, 4) is 17.2 Å². The summed E-state index contributed by atoms with van der Waals surface area (Å²) in [4.78, 5) is 18.1. The summed E-state index contributed by atoms with van der Waals surface area (Å²) >= 11 is 0. The molecule has 0 saturated heterocycles. The summed E-state index contributed by atoms with van der Waals surface area (Å²) in [5, 5.41) is 0. The summed E-state index contributed by atoms with van der Waals surface area (Å²) in [5.74, 6) is 2.07. The summed E-state index contributed by atoms with van der Waals surface area (Å²) in [6, 6.07) is 11.4. The van der Waals surface area contributed by atoms with Crippen molar-refractivity contribution in [2.24, 2.45) is 4.99 Å². The molecule has 0 atom stereocenters. The first-order valence-corrected chi connectivity index (χ1v) is 11.0. The van der Waals surface area contributed by atoms with Crippen LogP contribution in [-0.2, 0) is 6.42 Å². The average molecular weight is 422 g/mol. The zero-order chi connectivity index (χ0) is 22.0. The Morgan fingerprint density at radius 2 is 1.74 bits per heavy atom. The maximum Gasteiger partial charge on any atom is 0.172 e. The Morgan fingerprint density at radius 3 is 2.45 bits per heavy atom. The van der Waals surface area contributed by atoms with Gasteiger partial charge >= 0.3 is 0 Å². The Morgan fingerprint density at radius 1 is 1.03 bits per heavy atom. The van der Waals surface area contributed by atoms with Crippen LogP contribution >= 0.6 is 0 Å². The van der Waals surface area contributed by atoms with E-state index in [4.69, 9.17) is 19.2 Å². The third-order valence-electron chi connectivity index (χ3n) is 6.09. The van der Waals surface area contributed by atoms with Crippen molar-refractivity contribution in [2.45, 2.75) is 64.0 Å². The fourth-order valence-electron chi connectivity index (χ4n) is 4.64. The van der Waals surface area contributed by atoms with Crippen LogP contribution in [0.3, 0.4) is 0 Å². The lowest BCUT2D eigenvalue weighted by Crippen LogP contribution is -2.30. The maximum absolute atomic E-state index is 13.2. The molecule has 0 radical (unpaired) electrons. The minimum Gasteiger partial charge on any atom is -0.496 e. The summed E-state index contributed by atoms with van der Waals surface area (Å²) in [6.07, 6.45) is 5.77. The standard InChI is InChI=1S/C26H31NO4/c1-26(2)16-17-13-24(30-4)25(31-18-9-5-6-10-18)14-20(17)21(27-26)15-22(28)19-11-7-8-12-23(19)29-3/h7-8,11-14,18H,5-6,9-10,15-16H2,1-4H3. The molecule has 0 spiro atoms. The number of nitrogens with zero attached hydrogens (tertiary/aromatic N) is 1. The second-order valence-corrected chi connectivity index (χ2v) is 9.03. The van der Waals surface area contributed by atoms with Gasteiger partial charge in [-0.2, -0.15) is 0 Å². The number of ketones is 1. The maximum atomic E-state index is 13.2. The molecule has 1 aliphatic carbocycles. The molecule has 1 saturated carbocycles. The molecule has 164 valence electrons. The van der Waals surface area contributed by atoms with Gasteiger partial charge in [-0.25, -0.2) is 0 Å². The lowest BCUT2D eigenvalue weighted by molar-refractivity contribution is 0.0997. The van der Waals surface area contributed by atoms with E-state index < -0.39 is 0 Å². The van der Waals surface area contributed by atoms with Gasteiger partial charge < -0.3 is 14.2 Å². The molecule has 1 heterocycles. The Labute approximate surface area is 184 Å². The number of Topliss-reactive ketones (excluding diaryl/α,β-unsaturated/α-hetero) is 1. The van der Waals surface area contributed by atoms with Crippen molar-refractivity contribution < 1.29 is 19.0 Å². The number of carbonyl (C=O) groups is 1. The number of aliphatic imine (C=N–C) groups is 1. The van der Waals surface area contributed by atoms with Gasteiger partial charge in [-0.1, -0.05) is 12.1 Å². The zero-order valence-electron chi connectivity index (χ0n) is 18.9. The second-order valence-electron chi connectivity index (χ2n) is 9.03. The van der Waals surface area contributed by atoms with Crippen LogP contribution in [0.15, 0.2) is 41.4 Å². The van der Waals surface area contributed by atoms with Crippen LogP contribution < -0.4 is 14.2 Å². The predicted molar refractivity (Wildman–Crippen MR) is 122 cm³/mol. The highest BCUT2D eigenvalue weighted by Crippen LogP contribution is 2.38. The van der Waals surface area contributed by atoms with E-state index in [1.54, 1.807) is 20.3 Å². The van der Waals surface area contributed by atoms with Crippen molar-refractivity contribution in [3.05, 3.63) is 53.1 Å². The SMILES string of the molecule is COc1cc2c(cc1OC1CCCC1)C(CC(=O)c1ccccc1OC)=NC(C)(C)C2. The van der Waals surface area contributed by atoms with Crippen molar-refractivity contribution in [2.75, 3.05) is 14.2 Å². The van der Waals surface area contributed by atoms with Gasteiger partial charge in [0.15, 0.2) is 17.3 Å². The summed E-state index contributed by atoms with van der Waals surface area (Å²) in [7, 11) is 3.26. The molecule has 1 fully saturated rings. The topological polar surface area (TPSA) is 57.1 Å². The summed E-state index contributed by atoms with van der Waals surface area (Å²) in [6.45, 7) is 4.19. The molecule has 2 aliphatic rings. The van der Waals surface area contributed by atoms with Crippen LogP contribution in [0.4, 0.5) is 0 Å². The second kappa shape index (κ2) is 8.74. The lowest BCUT2D eigenvalue weighted by atomic mass is 9.84. The van der Waals surface area contributed by atoms with Crippen molar-refractivity contribution in [1.82, 2.24) is 0 Å². The van der Waals surface area contributed by atoms with E-state index in [-0.39, 0.29) is 23.8 Å². The smallest absolute Gasteiger partial charge is 0.172 e. The molecule has 2 aromatic rings. The van der Waals surface area contributed by atoms with Crippen molar-refractivity contribution in [3.63, 3.8) is 0 Å². The van der Waals surface area contributed by atoms with Crippen molar-refractivity contribution in [1.29, 1.82) is 0 Å². The first-order chi connectivity index (χ1) is 14.9. The van der Waals surface area contributed by atoms with E-state index in [2.05, 4.69) is 19.9 Å². The third-order valence-corrected chi connectivity index (χ3v) is 6.09. The molecule has 2 aromatic carbocycles. The Kier molecular flexibility index (Phi) is 6.03. The molecule has 1 aliphatic heterocycles. The van der Waals surface area contributed by atoms with Crippen LogP contribution in [0, 0.1) is 0 Å². The molecule has 0 unspecified atom stereocenters. The Balaban J connectivity index is 1.69. The van der Waals surface area contributed by atoms with Crippen LogP contribution in [0.25, 0.3) is 0 Å². The van der Waals surface area contributed by atoms with Gasteiger partial charge in [-0.15, -0.1) is 0 Å². The molecule has 0 bridgehead atoms. The number of para-hydroxylation sites is 1. The highest BCUT2D eigenvalue weighted by Gasteiger charge is 2.30. The molecule has 4 rings (SSSR count). The number of fused-ring (bicyclic) bond motifs is 1. The van der Waals surface area contributed by atoms with E-state index in [1.807, 2.05) is 24.3 Å². The molecular weight excluding hydrogens is 390 g/mol. The first-order valence-electron chi connectivity index (χ1n) is 11.0. The van der Waals surface area contributed by atoms with Gasteiger partial charge in [0, 0.05) is 5.56 Å². The average Bonchev–Trinajstić information content (AvgIpc) is 3.26. The van der Waals surface area contributed by atoms with Crippen molar-refractivity contribution >= 4 is 11.5 Å². The van der Waals surface area contributed by atoms with Gasteiger partial charge in [0.1, 0.15) is 5.75 Å². The number of hydrogen-bond acceptors (Lipinski definition) is 5. The molecular formula is C26H31NO4. The van der Waals surface area contributed by atoms with Crippen LogP contribution in [0.5, 0.6) is 17.2 Å². The largest absolute Gasteiger partial charge is 0.496 e. The fraction of sp³-hybridized carbons (Fsp3) is 0.462. The molecule has 5 heteroatoms. The third kappa shape index (κ3) is 4.60. The van der Waals surface area contributed by atoms with Gasteiger partial charge in [0.05, 0.1) is 43.6 Å². The molecule has 5 nitrogen and oxygen atoms in total. The van der Waals surface area contributed by atoms with E-state index in [0.29, 0.717) is 11.3 Å². The van der Waals surface area contributed by atoms with E-state index >= 15 is 0 Å². The number of hydrogen-bond donors (Lipinski definition) is 0. The lowest BCUT2D eigenvalue weighted by Gasteiger charge is -2.30. The minimum atomic E-state index is -0.289. The minimum absolute atomic E-state index is 0.00562. The molecule has 0 aromatic heterocycles. The van der Waals surface area contributed by atoms with Crippen LogP contribution in [0.1, 0.15) is 67.4 Å². The van der Waals surface area contributed by atoms with Crippen LogP contribution in [0.2, 0.25) is 0 Å².